The van der Waals surface area contributed by atoms with Crippen LogP contribution in [0.25, 0.3) is 11.4 Å². The number of thioether (sulfide) groups is 1. The highest BCUT2D eigenvalue weighted by molar-refractivity contribution is 7.99. The average Bonchev–Trinajstić information content (AvgIpc) is 2.76. The zero-order valence-electron chi connectivity index (χ0n) is 12.2. The molecule has 0 aliphatic heterocycles. The van der Waals surface area contributed by atoms with Gasteiger partial charge in [0.25, 0.3) is 0 Å². The SMILES string of the molecule is Cc1ccccc1-c1nnc(SCCNS(C)(=O)=O)n1C. The highest BCUT2D eigenvalue weighted by Gasteiger charge is 2.12. The van der Waals surface area contributed by atoms with Gasteiger partial charge in [0.2, 0.25) is 10.0 Å². The molecule has 0 unspecified atom stereocenters. The minimum atomic E-state index is -3.14. The monoisotopic (exact) mass is 326 g/mol. The van der Waals surface area contributed by atoms with Crippen molar-refractivity contribution in [1.29, 1.82) is 0 Å². The average molecular weight is 326 g/mol. The molecule has 2 aromatic rings. The van der Waals surface area contributed by atoms with E-state index in [9.17, 15) is 8.42 Å². The smallest absolute Gasteiger partial charge is 0.208 e. The molecule has 0 saturated heterocycles. The van der Waals surface area contributed by atoms with Crippen molar-refractivity contribution in [2.75, 3.05) is 18.6 Å². The van der Waals surface area contributed by atoms with Gasteiger partial charge in [0.05, 0.1) is 6.26 Å². The second kappa shape index (κ2) is 6.59. The summed E-state index contributed by atoms with van der Waals surface area (Å²) >= 11 is 1.47. The van der Waals surface area contributed by atoms with Crippen LogP contribution in [0.4, 0.5) is 0 Å². The standard InChI is InChI=1S/C13H18N4O2S2/c1-10-6-4-5-7-11(10)12-15-16-13(17(12)2)20-9-8-14-21(3,18)19/h4-7,14H,8-9H2,1-3H3. The van der Waals surface area contributed by atoms with Gasteiger partial charge in [0.15, 0.2) is 11.0 Å². The molecule has 0 bridgehead atoms. The molecule has 0 aliphatic carbocycles. The number of hydrogen-bond acceptors (Lipinski definition) is 5. The van der Waals surface area contributed by atoms with Crippen molar-refractivity contribution in [3.05, 3.63) is 29.8 Å². The molecule has 0 atom stereocenters. The molecule has 6 nitrogen and oxygen atoms in total. The Kier molecular flexibility index (Phi) is 5.02. The highest BCUT2D eigenvalue weighted by Crippen LogP contribution is 2.24. The number of aromatic nitrogens is 3. The Morgan fingerprint density at radius 2 is 2.00 bits per heavy atom. The molecule has 1 N–H and O–H groups in total. The molecule has 1 heterocycles. The van der Waals surface area contributed by atoms with Gasteiger partial charge in [-0.15, -0.1) is 10.2 Å². The molecule has 8 heteroatoms. The molecule has 1 aromatic heterocycles. The van der Waals surface area contributed by atoms with Crippen molar-refractivity contribution in [2.24, 2.45) is 7.05 Å². The zero-order valence-corrected chi connectivity index (χ0v) is 13.8. The molecule has 1 aromatic carbocycles. The van der Waals surface area contributed by atoms with E-state index in [4.69, 9.17) is 0 Å². The third kappa shape index (κ3) is 4.29. The number of sulfonamides is 1. The molecule has 21 heavy (non-hydrogen) atoms. The van der Waals surface area contributed by atoms with Gasteiger partial charge < -0.3 is 4.57 Å². The molecule has 0 fully saturated rings. The van der Waals surface area contributed by atoms with Crippen LogP contribution in [0.5, 0.6) is 0 Å². The van der Waals surface area contributed by atoms with Gasteiger partial charge in [-0.05, 0) is 12.5 Å². The fourth-order valence-electron chi connectivity index (χ4n) is 1.87. The molecule has 114 valence electrons. The largest absolute Gasteiger partial charge is 0.305 e. The molecule has 0 amide bonds. The van der Waals surface area contributed by atoms with Crippen LogP contribution in [0.2, 0.25) is 0 Å². The van der Waals surface area contributed by atoms with Crippen LogP contribution >= 0.6 is 11.8 Å². The van der Waals surface area contributed by atoms with E-state index in [0.29, 0.717) is 12.3 Å². The van der Waals surface area contributed by atoms with Crippen LogP contribution in [-0.2, 0) is 17.1 Å². The first kappa shape index (κ1) is 16.0. The summed E-state index contributed by atoms with van der Waals surface area (Å²) in [5.41, 5.74) is 2.19. The maximum atomic E-state index is 11.0. The first-order chi connectivity index (χ1) is 9.88. The van der Waals surface area contributed by atoms with Crippen LogP contribution in [0.1, 0.15) is 5.56 Å². The number of nitrogens with zero attached hydrogens (tertiary/aromatic N) is 3. The molecule has 2 rings (SSSR count). The number of hydrogen-bond donors (Lipinski definition) is 1. The lowest BCUT2D eigenvalue weighted by Gasteiger charge is -2.06. The van der Waals surface area contributed by atoms with E-state index in [-0.39, 0.29) is 0 Å². The second-order valence-electron chi connectivity index (χ2n) is 4.70. The van der Waals surface area contributed by atoms with Crippen molar-refractivity contribution in [2.45, 2.75) is 12.1 Å². The normalized spacial score (nSPS) is 11.8. The maximum absolute atomic E-state index is 11.0. The van der Waals surface area contributed by atoms with Crippen molar-refractivity contribution < 1.29 is 8.42 Å². The summed E-state index contributed by atoms with van der Waals surface area (Å²) in [7, 11) is -1.23. The minimum Gasteiger partial charge on any atom is -0.305 e. The van der Waals surface area contributed by atoms with Crippen molar-refractivity contribution in [1.82, 2.24) is 19.5 Å². The van der Waals surface area contributed by atoms with Gasteiger partial charge in [0, 0.05) is 24.9 Å². The summed E-state index contributed by atoms with van der Waals surface area (Å²) in [6.07, 6.45) is 1.15. The number of aryl methyl sites for hydroxylation is 1. The Hall–Kier alpha value is -1.38. The first-order valence-corrected chi connectivity index (χ1v) is 9.29. The summed E-state index contributed by atoms with van der Waals surface area (Å²) in [6.45, 7) is 2.41. The van der Waals surface area contributed by atoms with E-state index < -0.39 is 10.0 Å². The van der Waals surface area contributed by atoms with Gasteiger partial charge in [-0.1, -0.05) is 36.0 Å². The molecule has 0 saturated carbocycles. The summed E-state index contributed by atoms with van der Waals surface area (Å²) in [5, 5.41) is 9.16. The van der Waals surface area contributed by atoms with E-state index in [1.807, 2.05) is 42.8 Å². The van der Waals surface area contributed by atoms with Crippen molar-refractivity contribution >= 4 is 21.8 Å². The van der Waals surface area contributed by atoms with Crippen LogP contribution in [0.15, 0.2) is 29.4 Å². The fraction of sp³-hybridized carbons (Fsp3) is 0.385. The summed E-state index contributed by atoms with van der Waals surface area (Å²) in [5.74, 6) is 1.42. The van der Waals surface area contributed by atoms with Crippen LogP contribution in [0, 0.1) is 6.92 Å². The van der Waals surface area contributed by atoms with E-state index in [1.54, 1.807) is 0 Å². The summed E-state index contributed by atoms with van der Waals surface area (Å²) in [4.78, 5) is 0. The molecular weight excluding hydrogens is 308 g/mol. The van der Waals surface area contributed by atoms with E-state index >= 15 is 0 Å². The van der Waals surface area contributed by atoms with Gasteiger partial charge in [-0.3, -0.25) is 0 Å². The van der Waals surface area contributed by atoms with Gasteiger partial charge in [0.1, 0.15) is 0 Å². The van der Waals surface area contributed by atoms with Crippen molar-refractivity contribution in [3.63, 3.8) is 0 Å². The summed E-state index contributed by atoms with van der Waals surface area (Å²) in [6, 6.07) is 8.01. The minimum absolute atomic E-state index is 0.371. The first-order valence-electron chi connectivity index (χ1n) is 6.41. The third-order valence-corrected chi connectivity index (χ3v) is 4.67. The van der Waals surface area contributed by atoms with Crippen LogP contribution in [-0.4, -0.2) is 41.7 Å². The molecule has 0 spiro atoms. The quantitative estimate of drug-likeness (QED) is 0.642. The van der Waals surface area contributed by atoms with Gasteiger partial charge in [-0.25, -0.2) is 13.1 Å². The number of rotatable bonds is 6. The number of benzene rings is 1. The Bertz CT molecular complexity index is 726. The summed E-state index contributed by atoms with van der Waals surface area (Å²) < 4.78 is 26.3. The van der Waals surface area contributed by atoms with Crippen LogP contribution in [0.3, 0.4) is 0 Å². The van der Waals surface area contributed by atoms with E-state index in [1.165, 1.54) is 11.8 Å². The lowest BCUT2D eigenvalue weighted by atomic mass is 10.1. The Balaban J connectivity index is 2.06. The number of nitrogens with one attached hydrogen (secondary N) is 1. The van der Waals surface area contributed by atoms with Crippen molar-refractivity contribution in [3.8, 4) is 11.4 Å². The maximum Gasteiger partial charge on any atom is 0.208 e. The van der Waals surface area contributed by atoms with Crippen LogP contribution < -0.4 is 4.72 Å². The predicted octanol–water partition coefficient (Wildman–Crippen LogP) is 1.43. The zero-order chi connectivity index (χ0) is 15.5. The third-order valence-electron chi connectivity index (χ3n) is 2.92. The lowest BCUT2D eigenvalue weighted by Crippen LogP contribution is -2.24. The Morgan fingerprint density at radius 1 is 1.29 bits per heavy atom. The van der Waals surface area contributed by atoms with E-state index in [2.05, 4.69) is 14.9 Å². The highest BCUT2D eigenvalue weighted by atomic mass is 32.2. The lowest BCUT2D eigenvalue weighted by molar-refractivity contribution is 0.590. The van der Waals surface area contributed by atoms with Gasteiger partial charge in [-0.2, -0.15) is 0 Å². The molecular formula is C13H18N4O2S2. The molecule has 0 aliphatic rings. The predicted molar refractivity (Wildman–Crippen MR) is 84.7 cm³/mol. The topological polar surface area (TPSA) is 76.9 Å². The fourth-order valence-corrected chi connectivity index (χ4v) is 3.24. The second-order valence-corrected chi connectivity index (χ2v) is 7.59. The Labute approximate surface area is 129 Å². The van der Waals surface area contributed by atoms with E-state index in [0.717, 1.165) is 28.4 Å². The van der Waals surface area contributed by atoms with Gasteiger partial charge >= 0.3 is 0 Å². The molecule has 0 radical (unpaired) electrons. The Morgan fingerprint density at radius 3 is 2.67 bits per heavy atom.